The van der Waals surface area contributed by atoms with E-state index in [0.717, 1.165) is 5.56 Å². The minimum absolute atomic E-state index is 0.224. The molecular weight excluding hydrogens is 314 g/mol. The van der Waals surface area contributed by atoms with Crippen LogP contribution in [0.4, 0.5) is 0 Å². The zero-order chi connectivity index (χ0) is 17.4. The molecule has 3 rings (SSSR count). The molecule has 7 nitrogen and oxygen atoms in total. The van der Waals surface area contributed by atoms with Crippen LogP contribution in [0.25, 0.3) is 5.70 Å². The number of fused-ring (bicyclic) bond motifs is 3. The number of hydrogen-bond acceptors (Lipinski definition) is 6. The minimum Gasteiger partial charge on any atom is -0.493 e. The van der Waals surface area contributed by atoms with E-state index in [2.05, 4.69) is 0 Å². The second-order valence-corrected chi connectivity index (χ2v) is 5.47. The van der Waals surface area contributed by atoms with Crippen molar-refractivity contribution in [1.29, 1.82) is 0 Å². The van der Waals surface area contributed by atoms with Crippen molar-refractivity contribution in [3.8, 4) is 11.5 Å². The van der Waals surface area contributed by atoms with Crippen LogP contribution >= 0.6 is 0 Å². The first-order valence-corrected chi connectivity index (χ1v) is 7.47. The quantitative estimate of drug-likeness (QED) is 0.466. The van der Waals surface area contributed by atoms with Crippen molar-refractivity contribution >= 4 is 23.4 Å². The molecule has 1 aromatic carbocycles. The maximum absolute atomic E-state index is 12.3. The van der Waals surface area contributed by atoms with Gasteiger partial charge in [0.15, 0.2) is 11.5 Å². The smallest absolute Gasteiger partial charge is 0.344 e. The maximum atomic E-state index is 12.3. The molecule has 0 saturated carbocycles. The summed E-state index contributed by atoms with van der Waals surface area (Å²) in [6, 6.07) is 3.50. The van der Waals surface area contributed by atoms with Crippen LogP contribution in [-0.4, -0.2) is 50.4 Å². The number of methoxy groups -OCH3 is 3. The van der Waals surface area contributed by atoms with Gasteiger partial charge in [0.05, 0.1) is 27.0 Å². The fraction of sp³-hybridized carbons (Fsp3) is 0.353. The SMILES string of the molecule is COC(=O)C1=C2c3cc(OC)c(OC)cc3CCCN2C(=O)C1=O. The van der Waals surface area contributed by atoms with Gasteiger partial charge in [-0.05, 0) is 30.5 Å². The van der Waals surface area contributed by atoms with Gasteiger partial charge in [0.25, 0.3) is 11.7 Å². The molecule has 0 saturated heterocycles. The highest BCUT2D eigenvalue weighted by atomic mass is 16.5. The summed E-state index contributed by atoms with van der Waals surface area (Å²) < 4.78 is 15.3. The van der Waals surface area contributed by atoms with Crippen LogP contribution in [0.2, 0.25) is 0 Å². The average molecular weight is 331 g/mol. The van der Waals surface area contributed by atoms with Gasteiger partial charge in [-0.15, -0.1) is 0 Å². The molecule has 1 aromatic rings. The van der Waals surface area contributed by atoms with E-state index >= 15 is 0 Å². The monoisotopic (exact) mass is 331 g/mol. The third-order valence-electron chi connectivity index (χ3n) is 4.26. The Hall–Kier alpha value is -2.83. The second-order valence-electron chi connectivity index (χ2n) is 5.47. The number of Topliss-reactive ketones (excluding diaryl/α,β-unsaturated/α-hetero) is 1. The third-order valence-corrected chi connectivity index (χ3v) is 4.26. The molecule has 2 heterocycles. The standard InChI is InChI=1S/C17H17NO6/c1-22-11-7-9-5-4-6-18-14(10(9)8-12(11)23-2)13(17(21)24-3)15(19)16(18)20/h7-8H,4-6H2,1-3H3. The lowest BCUT2D eigenvalue weighted by atomic mass is 9.98. The van der Waals surface area contributed by atoms with Gasteiger partial charge in [0.2, 0.25) is 0 Å². The van der Waals surface area contributed by atoms with Crippen molar-refractivity contribution < 1.29 is 28.6 Å². The first-order valence-electron chi connectivity index (χ1n) is 7.47. The summed E-state index contributed by atoms with van der Waals surface area (Å²) in [6.45, 7) is 0.361. The number of rotatable bonds is 3. The number of carbonyl (C=O) groups excluding carboxylic acids is 3. The fourth-order valence-electron chi connectivity index (χ4n) is 3.13. The zero-order valence-electron chi connectivity index (χ0n) is 13.7. The number of ketones is 1. The molecule has 1 amide bonds. The third kappa shape index (κ3) is 2.24. The van der Waals surface area contributed by atoms with E-state index in [1.807, 2.05) is 6.07 Å². The van der Waals surface area contributed by atoms with Crippen molar-refractivity contribution in [3.05, 3.63) is 28.8 Å². The highest BCUT2D eigenvalue weighted by molar-refractivity contribution is 6.54. The van der Waals surface area contributed by atoms with E-state index in [1.165, 1.54) is 26.2 Å². The van der Waals surface area contributed by atoms with Gasteiger partial charge in [-0.3, -0.25) is 9.59 Å². The largest absolute Gasteiger partial charge is 0.493 e. The summed E-state index contributed by atoms with van der Waals surface area (Å²) in [7, 11) is 4.22. The second kappa shape index (κ2) is 5.99. The zero-order valence-corrected chi connectivity index (χ0v) is 13.7. The molecule has 0 atom stereocenters. The van der Waals surface area contributed by atoms with Crippen molar-refractivity contribution in [3.63, 3.8) is 0 Å². The lowest BCUT2D eigenvalue weighted by Gasteiger charge is -2.19. The molecule has 0 spiro atoms. The summed E-state index contributed by atoms with van der Waals surface area (Å²) in [4.78, 5) is 38.0. The number of aryl methyl sites for hydroxylation is 1. The fourth-order valence-corrected chi connectivity index (χ4v) is 3.13. The Morgan fingerprint density at radius 1 is 1.08 bits per heavy atom. The lowest BCUT2D eigenvalue weighted by Crippen LogP contribution is -2.29. The molecule has 24 heavy (non-hydrogen) atoms. The predicted octanol–water partition coefficient (Wildman–Crippen LogP) is 0.945. The van der Waals surface area contributed by atoms with E-state index in [-0.39, 0.29) is 5.57 Å². The molecule has 0 bridgehead atoms. The van der Waals surface area contributed by atoms with E-state index in [1.54, 1.807) is 6.07 Å². The molecule has 0 fully saturated rings. The molecule has 0 aliphatic carbocycles. The van der Waals surface area contributed by atoms with E-state index in [9.17, 15) is 14.4 Å². The molecule has 0 radical (unpaired) electrons. The topological polar surface area (TPSA) is 82.1 Å². The van der Waals surface area contributed by atoms with Crippen LogP contribution < -0.4 is 9.47 Å². The van der Waals surface area contributed by atoms with Crippen molar-refractivity contribution in [1.82, 2.24) is 4.90 Å². The van der Waals surface area contributed by atoms with E-state index < -0.39 is 17.7 Å². The van der Waals surface area contributed by atoms with Crippen LogP contribution in [0.1, 0.15) is 17.5 Å². The van der Waals surface area contributed by atoms with Crippen molar-refractivity contribution in [2.24, 2.45) is 0 Å². The first-order chi connectivity index (χ1) is 11.5. The highest BCUT2D eigenvalue weighted by Crippen LogP contribution is 2.41. The lowest BCUT2D eigenvalue weighted by molar-refractivity contribution is -0.142. The molecule has 0 N–H and O–H groups in total. The van der Waals surface area contributed by atoms with Crippen LogP contribution in [-0.2, 0) is 25.5 Å². The Morgan fingerprint density at radius 3 is 2.38 bits per heavy atom. The normalized spacial score (nSPS) is 16.5. The molecule has 2 aliphatic rings. The van der Waals surface area contributed by atoms with Crippen LogP contribution in [0.15, 0.2) is 17.7 Å². The van der Waals surface area contributed by atoms with Crippen LogP contribution in [0, 0.1) is 0 Å². The first kappa shape index (κ1) is 16.0. The Kier molecular flexibility index (Phi) is 4.01. The van der Waals surface area contributed by atoms with Crippen molar-refractivity contribution in [2.45, 2.75) is 12.8 Å². The molecule has 0 unspecified atom stereocenters. The summed E-state index contributed by atoms with van der Waals surface area (Å²) in [5, 5.41) is 0. The van der Waals surface area contributed by atoms with Gasteiger partial charge in [0, 0.05) is 12.1 Å². The summed E-state index contributed by atoms with van der Waals surface area (Å²) in [6.07, 6.45) is 1.35. The highest BCUT2D eigenvalue weighted by Gasteiger charge is 2.44. The Labute approximate surface area is 138 Å². The van der Waals surface area contributed by atoms with Crippen LogP contribution in [0.3, 0.4) is 0 Å². The van der Waals surface area contributed by atoms with E-state index in [4.69, 9.17) is 14.2 Å². The maximum Gasteiger partial charge on any atom is 0.344 e. The Bertz CT molecular complexity index is 780. The van der Waals surface area contributed by atoms with E-state index in [0.29, 0.717) is 42.1 Å². The molecule has 126 valence electrons. The number of ether oxygens (including phenoxy) is 3. The van der Waals surface area contributed by atoms with Gasteiger partial charge in [-0.2, -0.15) is 0 Å². The van der Waals surface area contributed by atoms with Crippen LogP contribution in [0.5, 0.6) is 11.5 Å². The van der Waals surface area contributed by atoms with Gasteiger partial charge < -0.3 is 19.1 Å². The average Bonchev–Trinajstić information content (AvgIpc) is 2.75. The number of amides is 1. The van der Waals surface area contributed by atoms with Gasteiger partial charge in [0.1, 0.15) is 5.57 Å². The summed E-state index contributed by atoms with van der Waals surface area (Å²) in [5.41, 5.74) is 1.57. The number of hydrogen-bond donors (Lipinski definition) is 0. The number of benzene rings is 1. The molecule has 7 heteroatoms. The summed E-state index contributed by atoms with van der Waals surface area (Å²) >= 11 is 0. The van der Waals surface area contributed by atoms with Gasteiger partial charge >= 0.3 is 5.97 Å². The Morgan fingerprint density at radius 2 is 1.75 bits per heavy atom. The number of nitrogens with zero attached hydrogens (tertiary/aromatic N) is 1. The summed E-state index contributed by atoms with van der Waals surface area (Å²) in [5.74, 6) is -1.33. The minimum atomic E-state index is -0.834. The van der Waals surface area contributed by atoms with Gasteiger partial charge in [-0.1, -0.05) is 0 Å². The Balaban J connectivity index is 2.30. The molecule has 0 aromatic heterocycles. The van der Waals surface area contributed by atoms with Crippen molar-refractivity contribution in [2.75, 3.05) is 27.9 Å². The molecule has 2 aliphatic heterocycles. The predicted molar refractivity (Wildman–Crippen MR) is 83.5 cm³/mol. The number of carbonyl (C=O) groups is 3. The molecular formula is C17H17NO6. The van der Waals surface area contributed by atoms with Gasteiger partial charge in [-0.25, -0.2) is 4.79 Å². The number of esters is 1.